The van der Waals surface area contributed by atoms with E-state index in [2.05, 4.69) is 21.4 Å². The standard InChI is InChI=1S/C20H26N4O2/c1-14-9-15(2)11-17(10-14)26-13-24-8-5-18(22-24)20(25)21-19-12-23-6-3-16(19)4-7-23/h5,8-11,16,19H,3-4,6-7,12-13H2,1-2H3,(H,21,25). The van der Waals surface area contributed by atoms with Gasteiger partial charge in [0.15, 0.2) is 6.73 Å². The smallest absolute Gasteiger partial charge is 0.272 e. The van der Waals surface area contributed by atoms with E-state index in [4.69, 9.17) is 4.74 Å². The molecular weight excluding hydrogens is 328 g/mol. The number of nitrogens with one attached hydrogen (secondary N) is 1. The van der Waals surface area contributed by atoms with Crippen LogP contribution in [0.4, 0.5) is 0 Å². The topological polar surface area (TPSA) is 59.4 Å². The van der Waals surface area contributed by atoms with Crippen LogP contribution in [0, 0.1) is 19.8 Å². The number of amides is 1. The first kappa shape index (κ1) is 17.1. The summed E-state index contributed by atoms with van der Waals surface area (Å²) in [5.74, 6) is 1.34. The number of carbonyl (C=O) groups excluding carboxylic acids is 1. The van der Waals surface area contributed by atoms with Crippen molar-refractivity contribution in [3.8, 4) is 5.75 Å². The number of aromatic nitrogens is 2. The number of hydrogen-bond donors (Lipinski definition) is 1. The molecule has 3 fully saturated rings. The van der Waals surface area contributed by atoms with E-state index in [-0.39, 0.29) is 18.7 Å². The van der Waals surface area contributed by atoms with Crippen molar-refractivity contribution >= 4 is 5.91 Å². The van der Waals surface area contributed by atoms with E-state index < -0.39 is 0 Å². The third kappa shape index (κ3) is 3.75. The Labute approximate surface area is 154 Å². The number of fused-ring (bicyclic) bond motifs is 3. The predicted octanol–water partition coefficient (Wildman–Crippen LogP) is 2.36. The first-order valence-corrected chi connectivity index (χ1v) is 9.34. The molecule has 1 N–H and O–H groups in total. The summed E-state index contributed by atoms with van der Waals surface area (Å²) in [6.07, 6.45) is 4.15. The van der Waals surface area contributed by atoms with E-state index >= 15 is 0 Å². The number of hydrogen-bond acceptors (Lipinski definition) is 4. The average molecular weight is 354 g/mol. The second kappa shape index (κ2) is 7.11. The number of nitrogens with zero attached hydrogens (tertiary/aromatic N) is 3. The summed E-state index contributed by atoms with van der Waals surface area (Å²) < 4.78 is 7.45. The highest BCUT2D eigenvalue weighted by molar-refractivity contribution is 5.92. The SMILES string of the molecule is Cc1cc(C)cc(OCn2ccc(C(=O)NC3CN4CCC3CC4)n2)c1. The van der Waals surface area contributed by atoms with Crippen molar-refractivity contribution in [1.82, 2.24) is 20.0 Å². The molecule has 2 aromatic rings. The summed E-state index contributed by atoms with van der Waals surface area (Å²) >= 11 is 0. The number of aryl methyl sites for hydroxylation is 2. The van der Waals surface area contributed by atoms with Gasteiger partial charge in [0.2, 0.25) is 0 Å². The van der Waals surface area contributed by atoms with Crippen LogP contribution in [0.1, 0.15) is 34.5 Å². The number of rotatable bonds is 5. The van der Waals surface area contributed by atoms with Crippen molar-refractivity contribution in [2.45, 2.75) is 39.5 Å². The molecule has 6 nitrogen and oxygen atoms in total. The lowest BCUT2D eigenvalue weighted by molar-refractivity contribution is 0.0617. The first-order chi connectivity index (χ1) is 12.6. The van der Waals surface area contributed by atoms with Crippen LogP contribution in [0.2, 0.25) is 0 Å². The zero-order valence-corrected chi connectivity index (χ0v) is 15.4. The highest BCUT2D eigenvalue weighted by atomic mass is 16.5. The minimum absolute atomic E-state index is 0.0890. The summed E-state index contributed by atoms with van der Waals surface area (Å²) in [6, 6.07) is 8.11. The monoisotopic (exact) mass is 354 g/mol. The van der Waals surface area contributed by atoms with E-state index in [9.17, 15) is 4.79 Å². The third-order valence-electron chi connectivity index (χ3n) is 5.40. The molecule has 2 bridgehead atoms. The van der Waals surface area contributed by atoms with Gasteiger partial charge in [0.1, 0.15) is 11.4 Å². The molecule has 0 aliphatic carbocycles. The van der Waals surface area contributed by atoms with Gasteiger partial charge in [-0.05, 0) is 75.0 Å². The van der Waals surface area contributed by atoms with Crippen LogP contribution in [0.25, 0.3) is 0 Å². The lowest BCUT2D eigenvalue weighted by atomic mass is 9.84. The molecule has 1 amide bonds. The van der Waals surface area contributed by atoms with Crippen molar-refractivity contribution in [2.24, 2.45) is 5.92 Å². The Bertz CT molecular complexity index is 773. The maximum absolute atomic E-state index is 12.5. The van der Waals surface area contributed by atoms with Gasteiger partial charge in [-0.15, -0.1) is 0 Å². The van der Waals surface area contributed by atoms with Gasteiger partial charge in [-0.3, -0.25) is 4.79 Å². The van der Waals surface area contributed by atoms with Crippen LogP contribution in [0.15, 0.2) is 30.5 Å². The van der Waals surface area contributed by atoms with Gasteiger partial charge in [0, 0.05) is 18.8 Å². The fourth-order valence-corrected chi connectivity index (χ4v) is 4.08. The lowest BCUT2D eigenvalue weighted by Crippen LogP contribution is -2.57. The molecule has 0 spiro atoms. The summed E-state index contributed by atoms with van der Waals surface area (Å²) in [7, 11) is 0. The molecule has 138 valence electrons. The maximum atomic E-state index is 12.5. The van der Waals surface area contributed by atoms with Crippen LogP contribution < -0.4 is 10.1 Å². The number of benzene rings is 1. The average Bonchev–Trinajstić information content (AvgIpc) is 3.09. The van der Waals surface area contributed by atoms with Gasteiger partial charge in [0.25, 0.3) is 5.91 Å². The quantitative estimate of drug-likeness (QED) is 0.895. The molecule has 6 heteroatoms. The van der Waals surface area contributed by atoms with Gasteiger partial charge in [-0.25, -0.2) is 4.68 Å². The Morgan fingerprint density at radius 2 is 1.96 bits per heavy atom. The van der Waals surface area contributed by atoms with E-state index in [0.29, 0.717) is 11.6 Å². The van der Waals surface area contributed by atoms with Crippen LogP contribution in [-0.4, -0.2) is 46.3 Å². The molecule has 5 rings (SSSR count). The molecule has 1 atom stereocenters. The van der Waals surface area contributed by atoms with Crippen molar-refractivity contribution in [1.29, 1.82) is 0 Å². The van der Waals surface area contributed by atoms with Gasteiger partial charge >= 0.3 is 0 Å². The third-order valence-corrected chi connectivity index (χ3v) is 5.40. The molecule has 0 radical (unpaired) electrons. The zero-order valence-electron chi connectivity index (χ0n) is 15.4. The van der Waals surface area contributed by atoms with Crippen molar-refractivity contribution in [3.63, 3.8) is 0 Å². The van der Waals surface area contributed by atoms with Crippen molar-refractivity contribution in [2.75, 3.05) is 19.6 Å². The van der Waals surface area contributed by atoms with E-state index in [1.807, 2.05) is 26.0 Å². The Morgan fingerprint density at radius 3 is 2.62 bits per heavy atom. The second-order valence-electron chi connectivity index (χ2n) is 7.56. The van der Waals surface area contributed by atoms with Crippen LogP contribution in [0.3, 0.4) is 0 Å². The van der Waals surface area contributed by atoms with Gasteiger partial charge < -0.3 is 15.0 Å². The summed E-state index contributed by atoms with van der Waals surface area (Å²) in [6.45, 7) is 7.68. The van der Waals surface area contributed by atoms with Gasteiger partial charge in [-0.2, -0.15) is 5.10 Å². The predicted molar refractivity (Wildman–Crippen MR) is 99.2 cm³/mol. The minimum Gasteiger partial charge on any atom is -0.471 e. The minimum atomic E-state index is -0.0890. The highest BCUT2D eigenvalue weighted by Crippen LogP contribution is 2.27. The number of ether oxygens (including phenoxy) is 1. The number of piperidine rings is 3. The van der Waals surface area contributed by atoms with E-state index in [1.54, 1.807) is 16.9 Å². The molecule has 3 aliphatic rings. The fourth-order valence-electron chi connectivity index (χ4n) is 4.08. The highest BCUT2D eigenvalue weighted by Gasteiger charge is 2.35. The summed E-state index contributed by atoms with van der Waals surface area (Å²) in [4.78, 5) is 15.0. The van der Waals surface area contributed by atoms with Crippen molar-refractivity contribution < 1.29 is 9.53 Å². The van der Waals surface area contributed by atoms with Crippen molar-refractivity contribution in [3.05, 3.63) is 47.3 Å². The van der Waals surface area contributed by atoms with Gasteiger partial charge in [0.05, 0.1) is 0 Å². The molecule has 3 aliphatic heterocycles. The second-order valence-corrected chi connectivity index (χ2v) is 7.56. The number of carbonyl (C=O) groups is 1. The molecule has 1 unspecified atom stereocenters. The molecular formula is C20H26N4O2. The maximum Gasteiger partial charge on any atom is 0.272 e. The Kier molecular flexibility index (Phi) is 4.68. The zero-order chi connectivity index (χ0) is 18.1. The fraction of sp³-hybridized carbons (Fsp3) is 0.500. The summed E-state index contributed by atoms with van der Waals surface area (Å²) in [5, 5.41) is 7.54. The van der Waals surface area contributed by atoms with E-state index in [0.717, 1.165) is 23.4 Å². The Morgan fingerprint density at radius 1 is 1.23 bits per heavy atom. The van der Waals surface area contributed by atoms with E-state index in [1.165, 1.54) is 25.9 Å². The summed E-state index contributed by atoms with van der Waals surface area (Å²) in [5.41, 5.74) is 2.78. The molecule has 4 heterocycles. The Hall–Kier alpha value is -2.34. The molecule has 26 heavy (non-hydrogen) atoms. The molecule has 1 aromatic heterocycles. The van der Waals surface area contributed by atoms with Crippen LogP contribution in [0.5, 0.6) is 5.75 Å². The van der Waals surface area contributed by atoms with Gasteiger partial charge in [-0.1, -0.05) is 6.07 Å². The normalized spacial score (nSPS) is 24.5. The van der Waals surface area contributed by atoms with Crippen LogP contribution >= 0.6 is 0 Å². The van der Waals surface area contributed by atoms with Crippen LogP contribution in [-0.2, 0) is 6.73 Å². The largest absolute Gasteiger partial charge is 0.471 e. The molecule has 0 saturated carbocycles. The lowest BCUT2D eigenvalue weighted by Gasteiger charge is -2.44. The molecule has 1 aromatic carbocycles. The first-order valence-electron chi connectivity index (χ1n) is 9.34. The molecule has 3 saturated heterocycles. The Balaban J connectivity index is 1.34.